The fourth-order valence-corrected chi connectivity index (χ4v) is 11.1. The highest BCUT2D eigenvalue weighted by molar-refractivity contribution is 7.25. The molecule has 0 saturated heterocycles. The van der Waals surface area contributed by atoms with Crippen LogP contribution in [0.2, 0.25) is 0 Å². The number of benzene rings is 9. The van der Waals surface area contributed by atoms with Crippen LogP contribution in [0.1, 0.15) is 11.0 Å². The van der Waals surface area contributed by atoms with E-state index < -0.39 is 48.3 Å². The molecule has 0 N–H and O–H groups in total. The first-order valence-corrected chi connectivity index (χ1v) is 21.8. The highest BCUT2D eigenvalue weighted by atomic mass is 32.1. The zero-order chi connectivity index (χ0) is 48.8. The van der Waals surface area contributed by atoms with E-state index in [0.29, 0.717) is 11.4 Å². The van der Waals surface area contributed by atoms with Gasteiger partial charge < -0.3 is 4.57 Å². The van der Waals surface area contributed by atoms with Gasteiger partial charge in [0.25, 0.3) is 0 Å². The van der Waals surface area contributed by atoms with Crippen LogP contribution in [-0.2, 0) is 0 Å². The molecule has 298 valence electrons. The molecule has 0 saturated carbocycles. The highest BCUT2D eigenvalue weighted by Crippen LogP contribution is 2.46. The van der Waals surface area contributed by atoms with Crippen molar-refractivity contribution in [3.8, 4) is 39.8 Å². The molecule has 5 heterocycles. The van der Waals surface area contributed by atoms with Gasteiger partial charge in [-0.1, -0.05) is 152 Å². The molecule has 0 radical (unpaired) electrons. The fourth-order valence-electron chi connectivity index (χ4n) is 9.95. The minimum Gasteiger partial charge on any atom is -0.308 e. The molecule has 9 aromatic carbocycles. The Morgan fingerprint density at radius 2 is 0.828 bits per heavy atom. The summed E-state index contributed by atoms with van der Waals surface area (Å²) in [5.41, 5.74) is 6.79. The second-order valence-corrected chi connectivity index (χ2v) is 17.0. The van der Waals surface area contributed by atoms with Crippen LogP contribution < -0.4 is 0 Å². The second-order valence-electron chi connectivity index (χ2n) is 15.9. The van der Waals surface area contributed by atoms with Crippen LogP contribution in [0.3, 0.4) is 0 Å². The topological polar surface area (TPSA) is 40.6 Å². The van der Waals surface area contributed by atoms with Crippen LogP contribution in [0.4, 0.5) is 0 Å². The molecule has 0 fully saturated rings. The molecule has 6 heteroatoms. The molecule has 14 aromatic rings. The lowest BCUT2D eigenvalue weighted by Gasteiger charge is -2.20. The molecule has 0 aliphatic rings. The minimum atomic E-state index is -0.520. The summed E-state index contributed by atoms with van der Waals surface area (Å²) in [7, 11) is 0. The average molecular weight is 842 g/mol. The number of para-hydroxylation sites is 6. The summed E-state index contributed by atoms with van der Waals surface area (Å²) < 4.78 is 81.1. The van der Waals surface area contributed by atoms with Crippen LogP contribution in [0, 0.1) is 0 Å². The lowest BCUT2D eigenvalue weighted by atomic mass is 9.93. The van der Waals surface area contributed by atoms with E-state index in [1.54, 1.807) is 17.4 Å². The Kier molecular flexibility index (Phi) is 6.01. The van der Waals surface area contributed by atoms with Gasteiger partial charge in [0.15, 0.2) is 5.82 Å². The first kappa shape index (κ1) is 28.3. The molecule has 5 aromatic heterocycles. The molecule has 0 amide bonds. The molecule has 5 nitrogen and oxygen atoms in total. The van der Waals surface area contributed by atoms with Crippen LogP contribution in [0.25, 0.3) is 125 Å². The van der Waals surface area contributed by atoms with Crippen molar-refractivity contribution in [3.63, 3.8) is 0 Å². The number of hydrogen-bond acceptors (Lipinski definition) is 3. The molecule has 0 aliphatic carbocycles. The minimum absolute atomic E-state index is 0.0359. The van der Waals surface area contributed by atoms with Gasteiger partial charge in [0, 0.05) is 58.6 Å². The molecule has 64 heavy (non-hydrogen) atoms. The Bertz CT molecular complexity index is 4520. The summed E-state index contributed by atoms with van der Waals surface area (Å²) >= 11 is 1.73. The maximum atomic E-state index is 9.50. The van der Waals surface area contributed by atoms with Crippen LogP contribution in [0.15, 0.2) is 212 Å². The third-order valence-electron chi connectivity index (χ3n) is 12.5. The Hall–Kier alpha value is -8.32. The van der Waals surface area contributed by atoms with Gasteiger partial charge in [-0.25, -0.2) is 9.97 Å². The van der Waals surface area contributed by atoms with Gasteiger partial charge in [0.1, 0.15) is 11.6 Å². The van der Waals surface area contributed by atoms with E-state index in [1.807, 2.05) is 60.7 Å². The van der Waals surface area contributed by atoms with Crippen molar-refractivity contribution in [1.82, 2.24) is 23.7 Å². The van der Waals surface area contributed by atoms with Gasteiger partial charge in [0.2, 0.25) is 0 Å². The van der Waals surface area contributed by atoms with E-state index >= 15 is 0 Å². The van der Waals surface area contributed by atoms with Crippen molar-refractivity contribution >= 4 is 96.9 Å². The van der Waals surface area contributed by atoms with E-state index in [-0.39, 0.29) is 33.4 Å². The number of fused-ring (bicyclic) bond motifs is 12. The van der Waals surface area contributed by atoms with E-state index in [0.717, 1.165) is 80.6 Å². The Balaban J connectivity index is 1.21. The maximum absolute atomic E-state index is 9.50. The maximum Gasteiger partial charge on any atom is 0.166 e. The SMILES string of the molecule is [2H]c1c([2H])c([2H])c2c(c1[2H])c1c([2H])c([2H])c([2H])c([2H])c1n2-c1cc(-n2c3ccccc3c3ccccc32)nc(-c2c(-c3cccc4sc5ccccc5c34)cccc2-n2c3ccccc3c3ccccc32)n1. The van der Waals surface area contributed by atoms with Gasteiger partial charge in [-0.2, -0.15) is 0 Å². The molecule has 0 bridgehead atoms. The summed E-state index contributed by atoms with van der Waals surface area (Å²) in [6, 6.07) is 51.7. The lowest BCUT2D eigenvalue weighted by molar-refractivity contribution is 0.991. The van der Waals surface area contributed by atoms with E-state index in [4.69, 9.17) is 15.5 Å². The van der Waals surface area contributed by atoms with Crippen LogP contribution in [0.5, 0.6) is 0 Å². The monoisotopic (exact) mass is 841 g/mol. The Labute approximate surface area is 382 Å². The zero-order valence-corrected chi connectivity index (χ0v) is 34.5. The number of hydrogen-bond donors (Lipinski definition) is 0. The second kappa shape index (κ2) is 13.6. The quantitative estimate of drug-likeness (QED) is 0.173. The number of rotatable bonds is 5. The van der Waals surface area contributed by atoms with Crippen molar-refractivity contribution < 1.29 is 11.0 Å². The first-order valence-electron chi connectivity index (χ1n) is 25.0. The number of nitrogens with zero attached hydrogens (tertiary/aromatic N) is 5. The first-order chi connectivity index (χ1) is 35.1. The molecule has 0 unspecified atom stereocenters. The van der Waals surface area contributed by atoms with Gasteiger partial charge in [-0.15, -0.1) is 11.3 Å². The van der Waals surface area contributed by atoms with Gasteiger partial charge in [0.05, 0.1) is 55.3 Å². The lowest BCUT2D eigenvalue weighted by Crippen LogP contribution is -2.08. The molecular formula is C58H35N5S. The molecule has 0 spiro atoms. The van der Waals surface area contributed by atoms with Gasteiger partial charge >= 0.3 is 0 Å². The van der Waals surface area contributed by atoms with E-state index in [2.05, 4.69) is 106 Å². The molecule has 0 aliphatic heterocycles. The Morgan fingerprint density at radius 3 is 1.42 bits per heavy atom. The zero-order valence-electron chi connectivity index (χ0n) is 41.7. The van der Waals surface area contributed by atoms with E-state index in [1.165, 1.54) is 4.57 Å². The summed E-state index contributed by atoms with van der Waals surface area (Å²) in [6.07, 6.45) is 0. The van der Waals surface area contributed by atoms with Gasteiger partial charge in [-0.05, 0) is 65.7 Å². The number of aromatic nitrogens is 5. The largest absolute Gasteiger partial charge is 0.308 e. The molecule has 0 atom stereocenters. The smallest absolute Gasteiger partial charge is 0.166 e. The summed E-state index contributed by atoms with van der Waals surface area (Å²) in [5, 5.41) is 6.19. The van der Waals surface area contributed by atoms with Crippen LogP contribution >= 0.6 is 11.3 Å². The fraction of sp³-hybridized carbons (Fsp3) is 0. The summed E-state index contributed by atoms with van der Waals surface area (Å²) in [6.45, 7) is 0. The highest BCUT2D eigenvalue weighted by Gasteiger charge is 2.25. The predicted octanol–water partition coefficient (Wildman–Crippen LogP) is 15.5. The van der Waals surface area contributed by atoms with Crippen molar-refractivity contribution in [2.45, 2.75) is 0 Å². The van der Waals surface area contributed by atoms with E-state index in [9.17, 15) is 5.48 Å². The number of thiophene rings is 1. The standard InChI is InChI=1S/C58H35N5S/c1-8-26-45-36(17-1)37-18-2-9-27-46(37)61(45)51-32-15-24-43(42-25-16-34-53-56(42)44-23-7-14-33-52(44)64-53)57(51)58-59-54(62-47-28-10-3-19-38(47)39-20-4-11-29-48(39)62)35-55(60-58)63-49-30-12-5-21-40(49)41-22-6-13-31-50(41)63/h1-35H/i3D,4D,10D,11D,19D,20D,28D,29D. The average Bonchev–Trinajstić information content (AvgIpc) is 4.18. The van der Waals surface area contributed by atoms with Crippen LogP contribution in [-0.4, -0.2) is 23.7 Å². The van der Waals surface area contributed by atoms with Crippen molar-refractivity contribution in [2.75, 3.05) is 0 Å². The van der Waals surface area contributed by atoms with Gasteiger partial charge in [-0.3, -0.25) is 9.13 Å². The Morgan fingerprint density at radius 1 is 0.375 bits per heavy atom. The summed E-state index contributed by atoms with van der Waals surface area (Å²) in [5.74, 6) is 0.824. The third kappa shape index (κ3) is 5.00. The predicted molar refractivity (Wildman–Crippen MR) is 269 cm³/mol. The van der Waals surface area contributed by atoms with Crippen molar-refractivity contribution in [3.05, 3.63) is 212 Å². The molecule has 14 rings (SSSR count). The third-order valence-corrected chi connectivity index (χ3v) is 13.7. The molecular weight excluding hydrogens is 799 g/mol. The van der Waals surface area contributed by atoms with Crippen molar-refractivity contribution in [2.24, 2.45) is 0 Å². The van der Waals surface area contributed by atoms with Crippen molar-refractivity contribution in [1.29, 1.82) is 0 Å². The normalized spacial score (nSPS) is 13.8. The summed E-state index contributed by atoms with van der Waals surface area (Å²) in [4.78, 5) is 11.2.